The van der Waals surface area contributed by atoms with Crippen molar-refractivity contribution in [3.63, 3.8) is 0 Å². The molecule has 4 N–H and O–H groups in total. The van der Waals surface area contributed by atoms with Gasteiger partial charge in [-0.1, -0.05) is 22.7 Å². The highest BCUT2D eigenvalue weighted by molar-refractivity contribution is 7.99. The van der Waals surface area contributed by atoms with E-state index in [-0.39, 0.29) is 34.9 Å². The Kier molecular flexibility index (Phi) is 3.50. The molecule has 0 spiro atoms. The third-order valence-electron chi connectivity index (χ3n) is 3.02. The van der Waals surface area contributed by atoms with E-state index in [1.807, 2.05) is 6.92 Å². The number of rotatable bonds is 2. The van der Waals surface area contributed by atoms with Gasteiger partial charge in [-0.15, -0.1) is 5.14 Å². The summed E-state index contributed by atoms with van der Waals surface area (Å²) in [4.78, 5) is 11.8. The summed E-state index contributed by atoms with van der Waals surface area (Å²) in [6, 6.07) is 0. The van der Waals surface area contributed by atoms with Crippen LogP contribution in [0.5, 0.6) is 0 Å². The standard InChI is InChI=1S/C10H14ClN3O3S/c1-2-9-13-7-4-6(11)8(18(12,16)17)3-5(7)10(15)14-9/h9H,2-4H2,1H3,(H4-,12,13,14,15,16,17). The largest absolute Gasteiger partial charge is 0.593 e. The van der Waals surface area contributed by atoms with E-state index in [1.54, 1.807) is 0 Å². The zero-order valence-electron chi connectivity index (χ0n) is 9.79. The van der Waals surface area contributed by atoms with Gasteiger partial charge in [0.1, 0.15) is 0 Å². The minimum Gasteiger partial charge on any atom is -0.593 e. The van der Waals surface area contributed by atoms with Crippen molar-refractivity contribution in [2.45, 2.75) is 32.4 Å². The van der Waals surface area contributed by atoms with Crippen molar-refractivity contribution < 1.29 is 13.6 Å². The van der Waals surface area contributed by atoms with E-state index >= 15 is 0 Å². The van der Waals surface area contributed by atoms with Crippen molar-refractivity contribution in [1.82, 2.24) is 10.6 Å². The molecule has 0 fully saturated rings. The number of hydrogen-bond donors (Lipinski definition) is 3. The van der Waals surface area contributed by atoms with Crippen LogP contribution >= 0.6 is 11.6 Å². The minimum absolute atomic E-state index is 0.0533. The maximum absolute atomic E-state index is 11.9. The molecule has 2 rings (SSSR count). The monoisotopic (exact) mass is 291 g/mol. The maximum atomic E-state index is 11.9. The van der Waals surface area contributed by atoms with Crippen LogP contribution in [0.3, 0.4) is 0 Å². The predicted octanol–water partition coefficient (Wildman–Crippen LogP) is 0.444. The number of nitrogens with one attached hydrogen (secondary N) is 2. The van der Waals surface area contributed by atoms with E-state index < -0.39 is 10.4 Å². The second-order valence-corrected chi connectivity index (χ2v) is 6.30. The molecule has 18 heavy (non-hydrogen) atoms. The van der Waals surface area contributed by atoms with E-state index in [0.29, 0.717) is 11.3 Å². The summed E-state index contributed by atoms with van der Waals surface area (Å²) in [6.45, 7) is 1.93. The topological polar surface area (TPSA) is 107 Å². The lowest BCUT2D eigenvalue weighted by molar-refractivity contribution is -0.119. The minimum atomic E-state index is -3.86. The van der Waals surface area contributed by atoms with Gasteiger partial charge in [-0.3, -0.25) is 4.79 Å². The maximum Gasteiger partial charge on any atom is 0.251 e. The van der Waals surface area contributed by atoms with Crippen molar-refractivity contribution in [2.75, 3.05) is 0 Å². The van der Waals surface area contributed by atoms with Crippen LogP contribution in [-0.2, 0) is 19.4 Å². The van der Waals surface area contributed by atoms with Crippen molar-refractivity contribution in [3.05, 3.63) is 21.2 Å². The highest BCUT2D eigenvalue weighted by Gasteiger charge is 2.35. The molecule has 2 aliphatic rings. The molecule has 0 bridgehead atoms. The van der Waals surface area contributed by atoms with E-state index in [0.717, 1.165) is 6.42 Å². The molecule has 0 saturated carbocycles. The van der Waals surface area contributed by atoms with Gasteiger partial charge in [0, 0.05) is 17.7 Å². The van der Waals surface area contributed by atoms with Gasteiger partial charge in [-0.05, 0) is 6.42 Å². The van der Waals surface area contributed by atoms with Crippen LogP contribution in [0.15, 0.2) is 21.2 Å². The highest BCUT2D eigenvalue weighted by Crippen LogP contribution is 2.36. The van der Waals surface area contributed by atoms with Crippen LogP contribution in [-0.4, -0.2) is 16.6 Å². The van der Waals surface area contributed by atoms with Crippen LogP contribution in [0.2, 0.25) is 0 Å². The first-order valence-corrected chi connectivity index (χ1v) is 7.45. The number of primary sulfonamides is 1. The summed E-state index contributed by atoms with van der Waals surface area (Å²) < 4.78 is 22.7. The Bertz CT molecular complexity index is 508. The average Bonchev–Trinajstić information content (AvgIpc) is 2.26. The summed E-state index contributed by atoms with van der Waals surface area (Å²) in [7, 11) is -3.86. The first-order valence-electron chi connectivity index (χ1n) is 5.52. The number of halogens is 1. The summed E-state index contributed by atoms with van der Waals surface area (Å²) in [5.41, 5.74) is 1.08. The molecular formula is C10H14ClN3O3S. The van der Waals surface area contributed by atoms with Crippen LogP contribution in [0.25, 0.3) is 0 Å². The molecule has 1 amide bonds. The Morgan fingerprint density at radius 3 is 2.72 bits per heavy atom. The predicted molar refractivity (Wildman–Crippen MR) is 67.5 cm³/mol. The van der Waals surface area contributed by atoms with Crippen LogP contribution < -0.4 is 15.8 Å². The van der Waals surface area contributed by atoms with Gasteiger partial charge in [0.05, 0.1) is 17.6 Å². The van der Waals surface area contributed by atoms with Crippen molar-refractivity contribution >= 4 is 27.9 Å². The fraction of sp³-hybridized carbons (Fsp3) is 0.500. The van der Waals surface area contributed by atoms with E-state index in [4.69, 9.17) is 16.7 Å². The molecule has 1 aliphatic carbocycles. The molecule has 1 aliphatic heterocycles. The lowest BCUT2D eigenvalue weighted by atomic mass is 9.98. The lowest BCUT2D eigenvalue weighted by Gasteiger charge is -2.32. The third-order valence-corrected chi connectivity index (χ3v) is 4.57. The second-order valence-electron chi connectivity index (χ2n) is 4.26. The number of carbonyl (C=O) groups excluding carboxylic acids is 1. The van der Waals surface area contributed by atoms with Gasteiger partial charge in [-0.25, -0.2) is 0 Å². The van der Waals surface area contributed by atoms with Crippen LogP contribution in [0.4, 0.5) is 0 Å². The third kappa shape index (κ3) is 2.44. The summed E-state index contributed by atoms with van der Waals surface area (Å²) in [6.07, 6.45) is 0.734. The second kappa shape index (κ2) is 4.65. The molecule has 0 saturated heterocycles. The number of carbonyl (C=O) groups is 1. The fourth-order valence-corrected chi connectivity index (χ4v) is 3.28. The summed E-state index contributed by atoms with van der Waals surface area (Å²) in [5, 5.41) is 11.1. The lowest BCUT2D eigenvalue weighted by Crippen LogP contribution is -2.51. The molecule has 2 atom stereocenters. The number of allylic oxidation sites excluding steroid dienone is 2. The Labute approximate surface area is 111 Å². The molecule has 100 valence electrons. The number of sulfonamides is 1. The number of amides is 1. The van der Waals surface area contributed by atoms with Gasteiger partial charge in [0.2, 0.25) is 0 Å². The zero-order chi connectivity index (χ0) is 13.5. The van der Waals surface area contributed by atoms with Gasteiger partial charge in [0.15, 0.2) is 15.3 Å². The SMILES string of the molecule is CCC1NC(=O)C2=C(CC(Cl)=C([S+](N)(=O)[O-])C2)N1. The molecule has 0 aromatic heterocycles. The van der Waals surface area contributed by atoms with Crippen molar-refractivity contribution in [3.8, 4) is 0 Å². The molecule has 0 aromatic rings. The van der Waals surface area contributed by atoms with Gasteiger partial charge < -0.3 is 15.2 Å². The zero-order valence-corrected chi connectivity index (χ0v) is 11.4. The number of hydrogen-bond acceptors (Lipinski definition) is 4. The number of nitrogens with two attached hydrogens (primary N) is 1. The molecule has 8 heteroatoms. The first kappa shape index (κ1) is 13.5. The van der Waals surface area contributed by atoms with Gasteiger partial charge in [-0.2, -0.15) is 0 Å². The van der Waals surface area contributed by atoms with E-state index in [9.17, 15) is 13.6 Å². The van der Waals surface area contributed by atoms with Crippen LogP contribution in [0, 0.1) is 0 Å². The average molecular weight is 292 g/mol. The molecule has 0 aromatic carbocycles. The Hall–Kier alpha value is -0.890. The quantitative estimate of drug-likeness (QED) is 0.642. The summed E-state index contributed by atoms with van der Waals surface area (Å²) >= 11 is 5.94. The smallest absolute Gasteiger partial charge is 0.251 e. The van der Waals surface area contributed by atoms with Crippen molar-refractivity contribution in [1.29, 1.82) is 0 Å². The van der Waals surface area contributed by atoms with E-state index in [1.165, 1.54) is 0 Å². The van der Waals surface area contributed by atoms with Gasteiger partial charge in [0.25, 0.3) is 5.91 Å². The Balaban J connectivity index is 2.31. The fourth-order valence-electron chi connectivity index (χ4n) is 2.03. The van der Waals surface area contributed by atoms with Crippen molar-refractivity contribution in [2.24, 2.45) is 5.14 Å². The summed E-state index contributed by atoms with van der Waals surface area (Å²) in [5.74, 6) is -0.263. The molecule has 6 nitrogen and oxygen atoms in total. The van der Waals surface area contributed by atoms with Gasteiger partial charge >= 0.3 is 0 Å². The molecule has 0 radical (unpaired) electrons. The van der Waals surface area contributed by atoms with Crippen LogP contribution in [0.1, 0.15) is 26.2 Å². The molecular weight excluding hydrogens is 278 g/mol. The molecule has 2 unspecified atom stereocenters. The van der Waals surface area contributed by atoms with E-state index in [2.05, 4.69) is 10.6 Å². The Morgan fingerprint density at radius 2 is 2.17 bits per heavy atom. The normalized spacial score (nSPS) is 27.3. The first-order chi connectivity index (χ1) is 8.32. The highest BCUT2D eigenvalue weighted by atomic mass is 35.5. The molecule has 1 heterocycles. The Morgan fingerprint density at radius 1 is 1.50 bits per heavy atom.